The van der Waals surface area contributed by atoms with E-state index in [1.165, 1.54) is 0 Å². The van der Waals surface area contributed by atoms with Crippen LogP contribution < -0.4 is 16.0 Å². The second-order valence-corrected chi connectivity index (χ2v) is 4.41. The molecule has 8 nitrogen and oxygen atoms in total. The highest BCUT2D eigenvalue weighted by Crippen LogP contribution is 2.14. The van der Waals surface area contributed by atoms with Crippen molar-refractivity contribution in [2.45, 2.75) is 13.3 Å². The van der Waals surface area contributed by atoms with E-state index in [4.69, 9.17) is 5.73 Å². The van der Waals surface area contributed by atoms with Crippen molar-refractivity contribution in [3.05, 3.63) is 17.6 Å². The second kappa shape index (κ2) is 5.51. The Kier molecular flexibility index (Phi) is 3.79. The molecule has 2 aromatic heterocycles. The minimum Gasteiger partial charge on any atom is -0.367 e. The van der Waals surface area contributed by atoms with Crippen molar-refractivity contribution in [1.82, 2.24) is 25.1 Å². The van der Waals surface area contributed by atoms with Gasteiger partial charge < -0.3 is 16.0 Å². The number of nitrogen functional groups attached to an aromatic ring is 1. The summed E-state index contributed by atoms with van der Waals surface area (Å²) < 4.78 is 0. The first kappa shape index (κ1) is 13.1. The van der Waals surface area contributed by atoms with Gasteiger partial charge in [-0.15, -0.1) is 5.10 Å². The zero-order valence-electron chi connectivity index (χ0n) is 11.3. The highest BCUT2D eigenvalue weighted by atomic mass is 15.3. The van der Waals surface area contributed by atoms with E-state index in [2.05, 4.69) is 30.5 Å². The van der Waals surface area contributed by atoms with E-state index in [0.717, 1.165) is 17.2 Å². The first-order chi connectivity index (χ1) is 9.06. The van der Waals surface area contributed by atoms with Crippen LogP contribution >= 0.6 is 0 Å². The normalized spacial score (nSPS) is 10.5. The van der Waals surface area contributed by atoms with Crippen molar-refractivity contribution in [2.24, 2.45) is 0 Å². The smallest absolute Gasteiger partial charge is 0.239 e. The van der Waals surface area contributed by atoms with E-state index in [1.807, 2.05) is 25.9 Å². The van der Waals surface area contributed by atoms with Crippen molar-refractivity contribution >= 4 is 17.7 Å². The fourth-order valence-corrected chi connectivity index (χ4v) is 1.69. The van der Waals surface area contributed by atoms with Gasteiger partial charge in [-0.1, -0.05) is 0 Å². The molecule has 0 saturated heterocycles. The zero-order valence-corrected chi connectivity index (χ0v) is 11.3. The number of aromatic amines is 1. The Bertz CT molecular complexity index is 547. The van der Waals surface area contributed by atoms with Crippen LogP contribution in [0.25, 0.3) is 0 Å². The lowest BCUT2D eigenvalue weighted by molar-refractivity contribution is 0.887. The Morgan fingerprint density at radius 3 is 2.79 bits per heavy atom. The van der Waals surface area contributed by atoms with Gasteiger partial charge in [-0.25, -0.2) is 4.98 Å². The molecule has 0 aliphatic heterocycles. The fraction of sp³-hybridized carbons (Fsp3) is 0.455. The first-order valence-electron chi connectivity index (χ1n) is 5.98. The lowest BCUT2D eigenvalue weighted by Crippen LogP contribution is -2.15. The molecule has 0 unspecified atom stereocenters. The highest BCUT2D eigenvalue weighted by Gasteiger charge is 2.06. The molecule has 19 heavy (non-hydrogen) atoms. The molecule has 4 N–H and O–H groups in total. The largest absolute Gasteiger partial charge is 0.367 e. The van der Waals surface area contributed by atoms with Crippen LogP contribution in [0.2, 0.25) is 0 Å². The van der Waals surface area contributed by atoms with Crippen LogP contribution in [0.5, 0.6) is 0 Å². The van der Waals surface area contributed by atoms with E-state index in [9.17, 15) is 0 Å². The third-order valence-electron chi connectivity index (χ3n) is 2.56. The number of hydrogen-bond donors (Lipinski definition) is 3. The number of rotatable bonds is 5. The lowest BCUT2D eigenvalue weighted by atomic mass is 10.3. The second-order valence-electron chi connectivity index (χ2n) is 4.41. The predicted molar refractivity (Wildman–Crippen MR) is 74.1 cm³/mol. The molecular weight excluding hydrogens is 244 g/mol. The minimum absolute atomic E-state index is 0.261. The Labute approximate surface area is 111 Å². The number of nitrogens with one attached hydrogen (secondary N) is 2. The summed E-state index contributed by atoms with van der Waals surface area (Å²) in [4.78, 5) is 14.7. The molecule has 0 atom stereocenters. The summed E-state index contributed by atoms with van der Waals surface area (Å²) in [5, 5.41) is 9.67. The van der Waals surface area contributed by atoms with Crippen LogP contribution in [0, 0.1) is 6.92 Å². The summed E-state index contributed by atoms with van der Waals surface area (Å²) in [6.07, 6.45) is 2.48. The summed E-state index contributed by atoms with van der Waals surface area (Å²) in [6, 6.07) is 0. The summed E-state index contributed by atoms with van der Waals surface area (Å²) in [5.41, 5.74) is 6.47. The van der Waals surface area contributed by atoms with Gasteiger partial charge >= 0.3 is 0 Å². The van der Waals surface area contributed by atoms with Gasteiger partial charge in [0.1, 0.15) is 11.6 Å². The molecule has 8 heteroatoms. The summed E-state index contributed by atoms with van der Waals surface area (Å²) >= 11 is 0. The molecule has 2 aromatic rings. The molecule has 0 spiro atoms. The van der Waals surface area contributed by atoms with Gasteiger partial charge in [0.05, 0.1) is 0 Å². The van der Waals surface area contributed by atoms with Crippen LogP contribution in [0.1, 0.15) is 11.4 Å². The van der Waals surface area contributed by atoms with E-state index in [1.54, 1.807) is 6.20 Å². The number of H-pyrrole nitrogens is 1. The van der Waals surface area contributed by atoms with Gasteiger partial charge in [-0.2, -0.15) is 9.97 Å². The molecular formula is C11H18N8. The Morgan fingerprint density at radius 2 is 2.16 bits per heavy atom. The molecule has 0 amide bonds. The van der Waals surface area contributed by atoms with E-state index >= 15 is 0 Å². The highest BCUT2D eigenvalue weighted by molar-refractivity contribution is 5.47. The van der Waals surface area contributed by atoms with Gasteiger partial charge in [0.2, 0.25) is 11.9 Å². The molecule has 2 rings (SSSR count). The first-order valence-corrected chi connectivity index (χ1v) is 5.98. The molecule has 102 valence electrons. The molecule has 0 fully saturated rings. The van der Waals surface area contributed by atoms with Crippen molar-refractivity contribution in [1.29, 1.82) is 0 Å². The van der Waals surface area contributed by atoms with Crippen molar-refractivity contribution < 1.29 is 0 Å². The summed E-state index contributed by atoms with van der Waals surface area (Å²) in [5.74, 6) is 2.50. The van der Waals surface area contributed by atoms with E-state index in [-0.39, 0.29) is 5.95 Å². The predicted octanol–water partition coefficient (Wildman–Crippen LogP) is 0.206. The SMILES string of the molecule is Cc1cnc(NCCc2nc(N)n[nH]2)nc1N(C)C. The Morgan fingerprint density at radius 1 is 1.37 bits per heavy atom. The molecule has 0 saturated carbocycles. The average Bonchev–Trinajstić information content (AvgIpc) is 2.77. The molecule has 0 radical (unpaired) electrons. The van der Waals surface area contributed by atoms with Crippen LogP contribution in [-0.4, -0.2) is 45.8 Å². The number of anilines is 3. The van der Waals surface area contributed by atoms with Crippen LogP contribution in [0.3, 0.4) is 0 Å². The van der Waals surface area contributed by atoms with Crippen molar-refractivity contribution in [2.75, 3.05) is 36.6 Å². The Hall–Kier alpha value is -2.38. The van der Waals surface area contributed by atoms with Crippen LogP contribution in [-0.2, 0) is 6.42 Å². The molecule has 0 aromatic carbocycles. The van der Waals surface area contributed by atoms with E-state index < -0.39 is 0 Å². The topological polar surface area (TPSA) is 109 Å². The monoisotopic (exact) mass is 262 g/mol. The maximum Gasteiger partial charge on any atom is 0.239 e. The number of nitrogens with zero attached hydrogens (tertiary/aromatic N) is 5. The minimum atomic E-state index is 0.261. The zero-order chi connectivity index (χ0) is 13.8. The number of nitrogens with two attached hydrogens (primary N) is 1. The van der Waals surface area contributed by atoms with Crippen LogP contribution in [0.15, 0.2) is 6.20 Å². The van der Waals surface area contributed by atoms with Crippen molar-refractivity contribution in [3.63, 3.8) is 0 Å². The quantitative estimate of drug-likeness (QED) is 0.706. The van der Waals surface area contributed by atoms with Gasteiger partial charge in [-0.3, -0.25) is 5.10 Å². The van der Waals surface area contributed by atoms with Gasteiger partial charge in [0, 0.05) is 38.8 Å². The molecule has 0 aliphatic carbocycles. The maximum absolute atomic E-state index is 5.43. The van der Waals surface area contributed by atoms with Crippen molar-refractivity contribution in [3.8, 4) is 0 Å². The fourth-order valence-electron chi connectivity index (χ4n) is 1.69. The van der Waals surface area contributed by atoms with Gasteiger partial charge in [0.25, 0.3) is 0 Å². The third-order valence-corrected chi connectivity index (χ3v) is 2.56. The standard InChI is InChI=1S/C11H18N8/c1-7-6-14-11(16-9(7)19(2)3)13-5-4-8-15-10(12)18-17-8/h6H,4-5H2,1-3H3,(H,13,14,16)(H3,12,15,17,18). The summed E-state index contributed by atoms with van der Waals surface area (Å²) in [6.45, 7) is 2.64. The maximum atomic E-state index is 5.43. The number of hydrogen-bond acceptors (Lipinski definition) is 7. The molecule has 0 bridgehead atoms. The van der Waals surface area contributed by atoms with Gasteiger partial charge in [0.15, 0.2) is 0 Å². The third kappa shape index (κ3) is 3.30. The Balaban J connectivity index is 1.94. The van der Waals surface area contributed by atoms with E-state index in [0.29, 0.717) is 18.9 Å². The lowest BCUT2D eigenvalue weighted by Gasteiger charge is -2.15. The van der Waals surface area contributed by atoms with Gasteiger partial charge in [-0.05, 0) is 6.92 Å². The average molecular weight is 262 g/mol. The van der Waals surface area contributed by atoms with Crippen LogP contribution in [0.4, 0.5) is 17.7 Å². The molecule has 0 aliphatic rings. The number of aromatic nitrogens is 5. The number of aryl methyl sites for hydroxylation is 1. The molecule has 2 heterocycles. The summed E-state index contributed by atoms with van der Waals surface area (Å²) in [7, 11) is 3.91.